The summed E-state index contributed by atoms with van der Waals surface area (Å²) in [7, 11) is 1.67. The van der Waals surface area contributed by atoms with Gasteiger partial charge in [0.15, 0.2) is 0 Å². The highest BCUT2D eigenvalue weighted by Gasteiger charge is 2.13. The van der Waals surface area contributed by atoms with E-state index in [1.54, 1.807) is 7.11 Å². The SMILES string of the molecule is COc1ccc(CC(N)C2=COCCC2)cc1. The third-order valence-electron chi connectivity index (χ3n) is 3.05. The van der Waals surface area contributed by atoms with Crippen molar-refractivity contribution >= 4 is 0 Å². The Balaban J connectivity index is 1.97. The molecule has 0 spiro atoms. The predicted octanol–water partition coefficient (Wildman–Crippen LogP) is 2.26. The number of methoxy groups -OCH3 is 1. The average molecular weight is 233 g/mol. The van der Waals surface area contributed by atoms with Gasteiger partial charge in [0.2, 0.25) is 0 Å². The van der Waals surface area contributed by atoms with Crippen LogP contribution >= 0.6 is 0 Å². The fraction of sp³-hybridized carbons (Fsp3) is 0.429. The molecule has 1 aromatic carbocycles. The van der Waals surface area contributed by atoms with Gasteiger partial charge in [-0.3, -0.25) is 0 Å². The standard InChI is InChI=1S/C14H19NO2/c1-16-13-6-4-11(5-7-13)9-14(15)12-3-2-8-17-10-12/h4-7,10,14H,2-3,8-9,15H2,1H3. The van der Waals surface area contributed by atoms with Crippen LogP contribution in [0.25, 0.3) is 0 Å². The molecule has 0 radical (unpaired) electrons. The first-order valence-corrected chi connectivity index (χ1v) is 5.98. The average Bonchev–Trinajstić information content (AvgIpc) is 2.40. The van der Waals surface area contributed by atoms with E-state index in [9.17, 15) is 0 Å². The second-order valence-electron chi connectivity index (χ2n) is 4.33. The molecule has 2 N–H and O–H groups in total. The number of hydrogen-bond donors (Lipinski definition) is 1. The van der Waals surface area contributed by atoms with Crippen LogP contribution in [0.4, 0.5) is 0 Å². The van der Waals surface area contributed by atoms with Gasteiger partial charge < -0.3 is 15.2 Å². The lowest BCUT2D eigenvalue weighted by Crippen LogP contribution is -2.27. The summed E-state index contributed by atoms with van der Waals surface area (Å²) in [6, 6.07) is 8.11. The van der Waals surface area contributed by atoms with E-state index in [1.807, 2.05) is 18.4 Å². The molecule has 0 aliphatic carbocycles. The van der Waals surface area contributed by atoms with Crippen molar-refractivity contribution in [1.29, 1.82) is 0 Å². The molecule has 3 nitrogen and oxygen atoms in total. The molecule has 0 bridgehead atoms. The second-order valence-corrected chi connectivity index (χ2v) is 4.33. The molecule has 1 aliphatic heterocycles. The summed E-state index contributed by atoms with van der Waals surface area (Å²) in [5, 5.41) is 0. The molecule has 2 rings (SSSR count). The summed E-state index contributed by atoms with van der Waals surface area (Å²) < 4.78 is 10.4. The van der Waals surface area contributed by atoms with Crippen molar-refractivity contribution < 1.29 is 9.47 Å². The zero-order chi connectivity index (χ0) is 12.1. The molecule has 92 valence electrons. The maximum absolute atomic E-state index is 6.17. The van der Waals surface area contributed by atoms with Crippen LogP contribution in [0.15, 0.2) is 36.1 Å². The number of ether oxygens (including phenoxy) is 2. The molecule has 0 aromatic heterocycles. The van der Waals surface area contributed by atoms with Gasteiger partial charge in [0.1, 0.15) is 5.75 Å². The van der Waals surface area contributed by atoms with Crippen molar-refractivity contribution in [3.63, 3.8) is 0 Å². The van der Waals surface area contributed by atoms with E-state index in [0.29, 0.717) is 0 Å². The Hall–Kier alpha value is -1.48. The third kappa shape index (κ3) is 3.24. The lowest BCUT2D eigenvalue weighted by molar-refractivity contribution is 0.221. The van der Waals surface area contributed by atoms with Gasteiger partial charge in [-0.25, -0.2) is 0 Å². The lowest BCUT2D eigenvalue weighted by Gasteiger charge is -2.19. The van der Waals surface area contributed by atoms with Gasteiger partial charge in [-0.1, -0.05) is 12.1 Å². The van der Waals surface area contributed by atoms with Gasteiger partial charge in [0.25, 0.3) is 0 Å². The van der Waals surface area contributed by atoms with Gasteiger partial charge in [-0.05, 0) is 42.5 Å². The first kappa shape index (κ1) is 12.0. The van der Waals surface area contributed by atoms with Crippen LogP contribution < -0.4 is 10.5 Å². The third-order valence-corrected chi connectivity index (χ3v) is 3.05. The minimum Gasteiger partial charge on any atom is -0.501 e. The van der Waals surface area contributed by atoms with Gasteiger partial charge in [0, 0.05) is 6.04 Å². The lowest BCUT2D eigenvalue weighted by atomic mass is 9.96. The number of benzene rings is 1. The molecule has 0 amide bonds. The Labute approximate surface area is 102 Å². The zero-order valence-electron chi connectivity index (χ0n) is 10.2. The van der Waals surface area contributed by atoms with Crippen LogP contribution in [0.1, 0.15) is 18.4 Å². The van der Waals surface area contributed by atoms with E-state index >= 15 is 0 Å². The first-order valence-electron chi connectivity index (χ1n) is 5.98. The molecule has 1 atom stereocenters. The highest BCUT2D eigenvalue weighted by atomic mass is 16.5. The fourth-order valence-corrected chi connectivity index (χ4v) is 2.00. The van der Waals surface area contributed by atoms with Crippen LogP contribution in [-0.4, -0.2) is 19.8 Å². The first-order chi connectivity index (χ1) is 8.29. The van der Waals surface area contributed by atoms with Crippen molar-refractivity contribution in [3.05, 3.63) is 41.7 Å². The van der Waals surface area contributed by atoms with Crippen LogP contribution in [0.2, 0.25) is 0 Å². The molecule has 1 aliphatic rings. The molecule has 1 heterocycles. The van der Waals surface area contributed by atoms with Crippen molar-refractivity contribution in [1.82, 2.24) is 0 Å². The Morgan fingerprint density at radius 3 is 2.71 bits per heavy atom. The van der Waals surface area contributed by atoms with E-state index in [4.69, 9.17) is 15.2 Å². The molecular weight excluding hydrogens is 214 g/mol. The summed E-state index contributed by atoms with van der Waals surface area (Å²) in [4.78, 5) is 0. The van der Waals surface area contributed by atoms with E-state index in [-0.39, 0.29) is 6.04 Å². The zero-order valence-corrected chi connectivity index (χ0v) is 10.2. The van der Waals surface area contributed by atoms with E-state index < -0.39 is 0 Å². The molecule has 0 saturated carbocycles. The minimum absolute atomic E-state index is 0.0590. The van der Waals surface area contributed by atoms with Crippen LogP contribution in [0.5, 0.6) is 5.75 Å². The van der Waals surface area contributed by atoms with E-state index in [2.05, 4.69) is 12.1 Å². The Bertz CT molecular complexity index is 384. The number of nitrogens with two attached hydrogens (primary N) is 1. The van der Waals surface area contributed by atoms with Crippen molar-refractivity contribution in [2.24, 2.45) is 5.73 Å². The molecule has 1 unspecified atom stereocenters. The summed E-state index contributed by atoms with van der Waals surface area (Å²) >= 11 is 0. The predicted molar refractivity (Wildman–Crippen MR) is 67.9 cm³/mol. The monoisotopic (exact) mass is 233 g/mol. The smallest absolute Gasteiger partial charge is 0.118 e. The molecule has 17 heavy (non-hydrogen) atoms. The van der Waals surface area contributed by atoms with Gasteiger partial charge in [0.05, 0.1) is 20.0 Å². The van der Waals surface area contributed by atoms with Gasteiger partial charge in [-0.2, -0.15) is 0 Å². The van der Waals surface area contributed by atoms with E-state index in [0.717, 1.165) is 31.6 Å². The highest BCUT2D eigenvalue weighted by Crippen LogP contribution is 2.18. The van der Waals surface area contributed by atoms with Crippen LogP contribution in [0.3, 0.4) is 0 Å². The molecule has 3 heteroatoms. The molecule has 1 aromatic rings. The van der Waals surface area contributed by atoms with E-state index in [1.165, 1.54) is 11.1 Å². The Morgan fingerprint density at radius 1 is 1.35 bits per heavy atom. The Morgan fingerprint density at radius 2 is 2.12 bits per heavy atom. The second kappa shape index (κ2) is 5.73. The molecular formula is C14H19NO2. The quantitative estimate of drug-likeness (QED) is 0.867. The fourth-order valence-electron chi connectivity index (χ4n) is 2.00. The summed E-state index contributed by atoms with van der Waals surface area (Å²) in [5.74, 6) is 0.877. The van der Waals surface area contributed by atoms with Crippen LogP contribution in [0, 0.1) is 0 Å². The van der Waals surface area contributed by atoms with Crippen molar-refractivity contribution in [2.75, 3.05) is 13.7 Å². The maximum atomic E-state index is 6.17. The number of rotatable bonds is 4. The van der Waals surface area contributed by atoms with Gasteiger partial charge >= 0.3 is 0 Å². The van der Waals surface area contributed by atoms with Crippen LogP contribution in [-0.2, 0) is 11.2 Å². The molecule has 0 saturated heterocycles. The number of hydrogen-bond acceptors (Lipinski definition) is 3. The maximum Gasteiger partial charge on any atom is 0.118 e. The largest absolute Gasteiger partial charge is 0.501 e. The summed E-state index contributed by atoms with van der Waals surface area (Å²) in [5.41, 5.74) is 8.61. The summed E-state index contributed by atoms with van der Waals surface area (Å²) in [6.45, 7) is 0.818. The highest BCUT2D eigenvalue weighted by molar-refractivity contribution is 5.28. The topological polar surface area (TPSA) is 44.5 Å². The van der Waals surface area contributed by atoms with Gasteiger partial charge in [-0.15, -0.1) is 0 Å². The summed E-state index contributed by atoms with van der Waals surface area (Å²) in [6.07, 6.45) is 4.80. The minimum atomic E-state index is 0.0590. The Kier molecular flexibility index (Phi) is 4.04. The van der Waals surface area contributed by atoms with Crippen molar-refractivity contribution in [2.45, 2.75) is 25.3 Å². The molecule has 0 fully saturated rings. The van der Waals surface area contributed by atoms with Crippen molar-refractivity contribution in [3.8, 4) is 5.75 Å². The normalized spacial score (nSPS) is 16.9.